The quantitative estimate of drug-likeness (QED) is 0.847. The third-order valence-corrected chi connectivity index (χ3v) is 3.89. The van der Waals surface area contributed by atoms with Crippen LogP contribution >= 0.6 is 0 Å². The Morgan fingerprint density at radius 2 is 1.50 bits per heavy atom. The molecule has 2 aromatic carbocycles. The number of methoxy groups -OCH3 is 1. The fourth-order valence-corrected chi connectivity index (χ4v) is 2.57. The Bertz CT molecular complexity index is 900. The maximum atomic E-state index is 12.7. The van der Waals surface area contributed by atoms with E-state index in [1.165, 1.54) is 19.2 Å². The first-order chi connectivity index (χ1) is 12.2. The van der Waals surface area contributed by atoms with Gasteiger partial charge >= 0.3 is 12.1 Å². The first kappa shape index (κ1) is 17.5. The van der Waals surface area contributed by atoms with Gasteiger partial charge < -0.3 is 9.84 Å². The van der Waals surface area contributed by atoms with E-state index in [1.54, 1.807) is 12.1 Å². The number of hydrogen-bond donors (Lipinski definition) is 1. The van der Waals surface area contributed by atoms with Gasteiger partial charge in [-0.05, 0) is 42.0 Å². The van der Waals surface area contributed by atoms with Crippen molar-refractivity contribution >= 4 is 23.1 Å². The molecule has 5 nitrogen and oxygen atoms in total. The molecule has 0 aromatic heterocycles. The number of anilines is 1. The summed E-state index contributed by atoms with van der Waals surface area (Å²) in [6.07, 6.45) is -4.54. The van der Waals surface area contributed by atoms with Crippen LogP contribution in [0.25, 0.3) is 5.57 Å². The fourth-order valence-electron chi connectivity index (χ4n) is 2.57. The lowest BCUT2D eigenvalue weighted by Gasteiger charge is -2.15. The van der Waals surface area contributed by atoms with Gasteiger partial charge in [-0.15, -0.1) is 0 Å². The molecule has 0 unspecified atom stereocenters. The summed E-state index contributed by atoms with van der Waals surface area (Å²) in [6, 6.07) is 9.61. The van der Waals surface area contributed by atoms with Gasteiger partial charge in [0, 0.05) is 0 Å². The molecule has 0 fully saturated rings. The lowest BCUT2D eigenvalue weighted by Crippen LogP contribution is -2.31. The number of aliphatic hydroxyl groups is 1. The highest BCUT2D eigenvalue weighted by Gasteiger charge is 2.40. The van der Waals surface area contributed by atoms with Crippen LogP contribution in [-0.2, 0) is 15.8 Å². The average molecular weight is 363 g/mol. The molecular formula is C18H12F3NO4. The predicted molar refractivity (Wildman–Crippen MR) is 86.5 cm³/mol. The Balaban J connectivity index is 1.95. The Hall–Kier alpha value is -3.29. The Morgan fingerprint density at radius 1 is 0.923 bits per heavy atom. The van der Waals surface area contributed by atoms with Crippen LogP contribution in [0.3, 0.4) is 0 Å². The molecule has 0 radical (unpaired) electrons. The molecule has 1 aliphatic heterocycles. The van der Waals surface area contributed by atoms with E-state index >= 15 is 0 Å². The second-order valence-corrected chi connectivity index (χ2v) is 5.44. The van der Waals surface area contributed by atoms with Crippen molar-refractivity contribution in [1.82, 2.24) is 0 Å². The van der Waals surface area contributed by atoms with Crippen molar-refractivity contribution in [2.24, 2.45) is 0 Å². The third kappa shape index (κ3) is 2.90. The highest BCUT2D eigenvalue weighted by molar-refractivity contribution is 6.44. The summed E-state index contributed by atoms with van der Waals surface area (Å²) in [5.41, 5.74) is -0.912. The van der Waals surface area contributed by atoms with E-state index < -0.39 is 29.3 Å². The number of nitrogens with zero attached hydrogens (tertiary/aromatic N) is 1. The monoisotopic (exact) mass is 363 g/mol. The number of hydrogen-bond acceptors (Lipinski definition) is 4. The Morgan fingerprint density at radius 3 is 2.00 bits per heavy atom. The highest BCUT2D eigenvalue weighted by atomic mass is 19.4. The summed E-state index contributed by atoms with van der Waals surface area (Å²) >= 11 is 0. The molecule has 8 heteroatoms. The van der Waals surface area contributed by atoms with Crippen molar-refractivity contribution in [2.75, 3.05) is 12.0 Å². The first-order valence-electron chi connectivity index (χ1n) is 7.37. The average Bonchev–Trinajstić information content (AvgIpc) is 2.84. The van der Waals surface area contributed by atoms with E-state index in [4.69, 9.17) is 4.74 Å². The van der Waals surface area contributed by atoms with Gasteiger partial charge in [0.05, 0.1) is 23.9 Å². The van der Waals surface area contributed by atoms with E-state index in [0.717, 1.165) is 24.3 Å². The molecule has 0 saturated heterocycles. The van der Waals surface area contributed by atoms with Gasteiger partial charge in [0.1, 0.15) is 5.75 Å². The highest BCUT2D eigenvalue weighted by Crippen LogP contribution is 2.35. The molecule has 2 amide bonds. The third-order valence-electron chi connectivity index (χ3n) is 3.89. The number of carbonyl (C=O) groups excluding carboxylic acids is 2. The molecule has 0 saturated carbocycles. The molecule has 0 bridgehead atoms. The maximum Gasteiger partial charge on any atom is 0.416 e. The topological polar surface area (TPSA) is 66.8 Å². The number of alkyl halides is 3. The van der Waals surface area contributed by atoms with E-state index in [2.05, 4.69) is 0 Å². The predicted octanol–water partition coefficient (Wildman–Crippen LogP) is 3.56. The molecule has 1 aliphatic rings. The van der Waals surface area contributed by atoms with Gasteiger partial charge in [0.25, 0.3) is 5.91 Å². The SMILES string of the molecule is COc1ccc(C2=C(O)C(=O)N(c3ccc(C(F)(F)F)cc3)C2=O)cc1. The van der Waals surface area contributed by atoms with Crippen molar-refractivity contribution in [3.63, 3.8) is 0 Å². The van der Waals surface area contributed by atoms with Crippen LogP contribution in [-0.4, -0.2) is 24.0 Å². The number of amides is 2. The van der Waals surface area contributed by atoms with Gasteiger partial charge in [-0.2, -0.15) is 13.2 Å². The molecule has 1 N–H and O–H groups in total. The largest absolute Gasteiger partial charge is 0.502 e. The lowest BCUT2D eigenvalue weighted by atomic mass is 10.1. The zero-order chi connectivity index (χ0) is 19.1. The number of aliphatic hydroxyl groups excluding tert-OH is 1. The molecule has 0 aliphatic carbocycles. The summed E-state index contributed by atoms with van der Waals surface area (Å²) in [5, 5.41) is 10.1. The van der Waals surface area contributed by atoms with Crippen LogP contribution in [0.5, 0.6) is 5.75 Å². The van der Waals surface area contributed by atoms with Crippen molar-refractivity contribution < 1.29 is 32.6 Å². The van der Waals surface area contributed by atoms with Crippen molar-refractivity contribution in [3.8, 4) is 5.75 Å². The number of benzene rings is 2. The molecule has 0 atom stereocenters. The van der Waals surface area contributed by atoms with Crippen LogP contribution in [0.4, 0.5) is 18.9 Å². The molecule has 26 heavy (non-hydrogen) atoms. The summed E-state index contributed by atoms with van der Waals surface area (Å²) in [6.45, 7) is 0. The second kappa shape index (κ2) is 6.21. The lowest BCUT2D eigenvalue weighted by molar-refractivity contribution is -0.137. The van der Waals surface area contributed by atoms with E-state index in [9.17, 15) is 27.9 Å². The number of ether oxygens (including phenoxy) is 1. The van der Waals surface area contributed by atoms with Gasteiger partial charge in [-0.1, -0.05) is 12.1 Å². The molecule has 3 rings (SSSR count). The normalized spacial score (nSPS) is 15.0. The maximum absolute atomic E-state index is 12.7. The molecule has 134 valence electrons. The van der Waals surface area contributed by atoms with Gasteiger partial charge in [-0.3, -0.25) is 9.59 Å². The zero-order valence-electron chi connectivity index (χ0n) is 13.4. The van der Waals surface area contributed by atoms with E-state index in [0.29, 0.717) is 10.6 Å². The number of carbonyl (C=O) groups is 2. The summed E-state index contributed by atoms with van der Waals surface area (Å²) in [7, 11) is 1.46. The number of halogens is 3. The summed E-state index contributed by atoms with van der Waals surface area (Å²) in [5.74, 6) is -2.07. The number of rotatable bonds is 3. The summed E-state index contributed by atoms with van der Waals surface area (Å²) in [4.78, 5) is 25.5. The van der Waals surface area contributed by atoms with E-state index in [1.807, 2.05) is 0 Å². The van der Waals surface area contributed by atoms with Crippen molar-refractivity contribution in [2.45, 2.75) is 6.18 Å². The molecule has 0 spiro atoms. The van der Waals surface area contributed by atoms with Gasteiger partial charge in [0.2, 0.25) is 0 Å². The molecule has 1 heterocycles. The standard InChI is InChI=1S/C18H12F3NO4/c1-26-13-8-2-10(3-9-13)14-15(23)17(25)22(16(14)24)12-6-4-11(5-7-12)18(19,20)21/h2-9,23H,1H3. The van der Waals surface area contributed by atoms with Crippen LogP contribution < -0.4 is 9.64 Å². The minimum absolute atomic E-state index is 0.0666. The van der Waals surface area contributed by atoms with Crippen LogP contribution in [0.1, 0.15) is 11.1 Å². The molecular weight excluding hydrogens is 351 g/mol. The minimum Gasteiger partial charge on any atom is -0.502 e. The van der Waals surface area contributed by atoms with Crippen LogP contribution in [0.2, 0.25) is 0 Å². The minimum atomic E-state index is -4.54. The van der Waals surface area contributed by atoms with Crippen LogP contribution in [0.15, 0.2) is 54.3 Å². The summed E-state index contributed by atoms with van der Waals surface area (Å²) < 4.78 is 43.0. The van der Waals surface area contributed by atoms with E-state index in [-0.39, 0.29) is 16.8 Å². The van der Waals surface area contributed by atoms with Gasteiger partial charge in [-0.25, -0.2) is 4.90 Å². The second-order valence-electron chi connectivity index (χ2n) is 5.44. The zero-order valence-corrected chi connectivity index (χ0v) is 13.4. The van der Waals surface area contributed by atoms with Gasteiger partial charge in [0.15, 0.2) is 5.76 Å². The smallest absolute Gasteiger partial charge is 0.416 e. The molecule has 2 aromatic rings. The first-order valence-corrected chi connectivity index (χ1v) is 7.37. The number of imide groups is 1. The Kier molecular flexibility index (Phi) is 4.19. The van der Waals surface area contributed by atoms with Crippen molar-refractivity contribution in [1.29, 1.82) is 0 Å². The fraction of sp³-hybridized carbons (Fsp3) is 0.111. The Labute approximate surface area is 145 Å². The van der Waals surface area contributed by atoms with Crippen molar-refractivity contribution in [3.05, 3.63) is 65.4 Å². The van der Waals surface area contributed by atoms with Crippen LogP contribution in [0, 0.1) is 0 Å².